The molecule has 1 unspecified atom stereocenters. The van der Waals surface area contributed by atoms with Crippen LogP contribution in [0.15, 0.2) is 72.2 Å². The summed E-state index contributed by atoms with van der Waals surface area (Å²) in [5, 5.41) is 20.4. The van der Waals surface area contributed by atoms with Gasteiger partial charge in [-0.3, -0.25) is 4.79 Å². The highest BCUT2D eigenvalue weighted by atomic mass is 16.7. The molecule has 2 aromatic rings. The monoisotopic (exact) mass is 451 g/mol. The maximum absolute atomic E-state index is 13.3. The van der Waals surface area contributed by atoms with Crippen molar-refractivity contribution in [2.45, 2.75) is 18.9 Å². The highest BCUT2D eigenvalue weighted by Crippen LogP contribution is 2.36. The van der Waals surface area contributed by atoms with Gasteiger partial charge < -0.3 is 24.5 Å². The molecular formula is C24H21NO8. The molecule has 0 bridgehead atoms. The molecule has 33 heavy (non-hydrogen) atoms. The standard InChI is InChI=1S/C24H21NO8/c26-22(27)17-12-7-13-25(17)33-24(30)19(16-10-5-2-6-11-16)21-20(31-14-32-21)18(23(28)29)15-8-3-1-4-9-15/h1-6,8-11,17H,7,12-14H2,(H,26,27)(H,28,29)/b20-18+,21-19+. The summed E-state index contributed by atoms with van der Waals surface area (Å²) in [6.07, 6.45) is 0.908. The lowest BCUT2D eigenvalue weighted by Gasteiger charge is -2.21. The Bertz CT molecular complexity index is 1120. The van der Waals surface area contributed by atoms with Gasteiger partial charge in [0.15, 0.2) is 11.5 Å². The Kier molecular flexibility index (Phi) is 6.41. The fourth-order valence-electron chi connectivity index (χ4n) is 3.80. The van der Waals surface area contributed by atoms with Crippen molar-refractivity contribution in [2.24, 2.45) is 0 Å². The number of carbonyl (C=O) groups excluding carboxylic acids is 1. The largest absolute Gasteiger partial charge is 0.480 e. The Labute approximate surface area is 189 Å². The summed E-state index contributed by atoms with van der Waals surface area (Å²) < 4.78 is 11.1. The summed E-state index contributed by atoms with van der Waals surface area (Å²) in [4.78, 5) is 42.4. The number of benzene rings is 2. The number of ether oxygens (including phenoxy) is 2. The summed E-state index contributed by atoms with van der Waals surface area (Å²) in [6.45, 7) is -0.0239. The quantitative estimate of drug-likeness (QED) is 0.638. The predicted molar refractivity (Wildman–Crippen MR) is 115 cm³/mol. The van der Waals surface area contributed by atoms with E-state index >= 15 is 0 Å². The molecule has 4 rings (SSSR count). The number of rotatable bonds is 6. The number of nitrogens with zero attached hydrogens (tertiary/aromatic N) is 1. The normalized spacial score (nSPS) is 21.0. The van der Waals surface area contributed by atoms with Gasteiger partial charge in [-0.1, -0.05) is 60.7 Å². The van der Waals surface area contributed by atoms with E-state index in [0.717, 1.165) is 5.06 Å². The number of aliphatic carboxylic acids is 2. The first kappa shape index (κ1) is 22.1. The molecule has 0 spiro atoms. The summed E-state index contributed by atoms with van der Waals surface area (Å²) in [5.74, 6) is -3.41. The van der Waals surface area contributed by atoms with Gasteiger partial charge in [0.25, 0.3) is 0 Å². The molecule has 170 valence electrons. The van der Waals surface area contributed by atoms with E-state index in [1.54, 1.807) is 60.7 Å². The third kappa shape index (κ3) is 4.58. The van der Waals surface area contributed by atoms with E-state index in [1.165, 1.54) is 0 Å². The first-order valence-corrected chi connectivity index (χ1v) is 10.3. The number of hydroxylamine groups is 2. The first-order chi connectivity index (χ1) is 16.0. The van der Waals surface area contributed by atoms with Crippen LogP contribution >= 0.6 is 0 Å². The van der Waals surface area contributed by atoms with Crippen molar-refractivity contribution in [3.63, 3.8) is 0 Å². The van der Waals surface area contributed by atoms with Crippen LogP contribution < -0.4 is 0 Å². The number of carboxylic acids is 2. The molecule has 2 aromatic carbocycles. The number of hydrogen-bond donors (Lipinski definition) is 2. The molecule has 2 saturated heterocycles. The minimum Gasteiger partial charge on any atom is -0.480 e. The maximum atomic E-state index is 13.3. The highest BCUT2D eigenvalue weighted by molar-refractivity contribution is 6.21. The number of carbonyl (C=O) groups is 3. The molecule has 9 nitrogen and oxygen atoms in total. The van der Waals surface area contributed by atoms with Crippen LogP contribution in [0.2, 0.25) is 0 Å². The van der Waals surface area contributed by atoms with Crippen molar-refractivity contribution in [3.05, 3.63) is 83.3 Å². The molecule has 2 aliphatic rings. The van der Waals surface area contributed by atoms with Gasteiger partial charge in [0.2, 0.25) is 6.79 Å². The zero-order valence-corrected chi connectivity index (χ0v) is 17.5. The summed E-state index contributed by atoms with van der Waals surface area (Å²) in [5.41, 5.74) is 0.543. The van der Waals surface area contributed by atoms with E-state index in [9.17, 15) is 24.6 Å². The number of hydrogen-bond acceptors (Lipinski definition) is 7. The summed E-state index contributed by atoms with van der Waals surface area (Å²) >= 11 is 0. The third-order valence-electron chi connectivity index (χ3n) is 5.30. The molecule has 1 atom stereocenters. The van der Waals surface area contributed by atoms with Crippen LogP contribution in [0, 0.1) is 0 Å². The second-order valence-electron chi connectivity index (χ2n) is 7.37. The fraction of sp³-hybridized carbons (Fsp3) is 0.208. The van der Waals surface area contributed by atoms with Gasteiger partial charge in [-0.05, 0) is 24.0 Å². The molecule has 2 heterocycles. The lowest BCUT2D eigenvalue weighted by Crippen LogP contribution is -2.38. The van der Waals surface area contributed by atoms with Gasteiger partial charge in [0.1, 0.15) is 17.2 Å². The van der Waals surface area contributed by atoms with Crippen LogP contribution in [0.4, 0.5) is 0 Å². The van der Waals surface area contributed by atoms with Crippen LogP contribution in [0.25, 0.3) is 11.1 Å². The molecule has 0 saturated carbocycles. The molecule has 9 heteroatoms. The smallest absolute Gasteiger partial charge is 0.361 e. The van der Waals surface area contributed by atoms with Gasteiger partial charge in [-0.2, -0.15) is 0 Å². The lowest BCUT2D eigenvalue weighted by molar-refractivity contribution is -0.192. The van der Waals surface area contributed by atoms with Gasteiger partial charge in [-0.15, -0.1) is 5.06 Å². The average molecular weight is 451 g/mol. The molecule has 2 aliphatic heterocycles. The minimum atomic E-state index is -1.26. The maximum Gasteiger partial charge on any atom is 0.361 e. The van der Waals surface area contributed by atoms with Crippen molar-refractivity contribution >= 4 is 29.1 Å². The van der Waals surface area contributed by atoms with Crippen molar-refractivity contribution in [2.75, 3.05) is 13.3 Å². The van der Waals surface area contributed by atoms with Gasteiger partial charge in [-0.25, -0.2) is 9.59 Å². The van der Waals surface area contributed by atoms with Crippen molar-refractivity contribution in [1.82, 2.24) is 5.06 Å². The zero-order chi connectivity index (χ0) is 23.4. The Morgan fingerprint density at radius 1 is 0.848 bits per heavy atom. The Hall–Kier alpha value is -4.11. The SMILES string of the molecule is O=C(O)/C(=C1/OCO/C1=C(/C(=O)ON1CCCC1C(=O)O)c1ccccc1)c1ccccc1. The fourth-order valence-corrected chi connectivity index (χ4v) is 3.80. The zero-order valence-electron chi connectivity index (χ0n) is 17.5. The first-order valence-electron chi connectivity index (χ1n) is 10.3. The van der Waals surface area contributed by atoms with Crippen molar-refractivity contribution < 1.29 is 38.9 Å². The van der Waals surface area contributed by atoms with Crippen LogP contribution in [0.1, 0.15) is 24.0 Å². The number of carboxylic acid groups (broad SMARTS) is 2. The molecule has 2 N–H and O–H groups in total. The van der Waals surface area contributed by atoms with E-state index in [2.05, 4.69) is 0 Å². The minimum absolute atomic E-state index is 0.0613. The van der Waals surface area contributed by atoms with E-state index < -0.39 is 23.9 Å². The summed E-state index contributed by atoms with van der Waals surface area (Å²) in [6, 6.07) is 15.8. The molecule has 0 amide bonds. The Morgan fingerprint density at radius 3 is 1.94 bits per heavy atom. The highest BCUT2D eigenvalue weighted by Gasteiger charge is 2.37. The molecule has 0 aromatic heterocycles. The second kappa shape index (κ2) is 9.58. The predicted octanol–water partition coefficient (Wildman–Crippen LogP) is 2.91. The molecule has 0 aliphatic carbocycles. The van der Waals surface area contributed by atoms with Gasteiger partial charge >= 0.3 is 17.9 Å². The van der Waals surface area contributed by atoms with E-state index in [0.29, 0.717) is 24.0 Å². The lowest BCUT2D eigenvalue weighted by atomic mass is 9.99. The van der Waals surface area contributed by atoms with E-state index in [1.807, 2.05) is 0 Å². The molecule has 2 fully saturated rings. The second-order valence-corrected chi connectivity index (χ2v) is 7.37. The molecule has 0 radical (unpaired) electrons. The Morgan fingerprint density at radius 2 is 1.39 bits per heavy atom. The van der Waals surface area contributed by atoms with Crippen LogP contribution in [-0.4, -0.2) is 52.6 Å². The van der Waals surface area contributed by atoms with E-state index in [4.69, 9.17) is 14.3 Å². The van der Waals surface area contributed by atoms with Gasteiger partial charge in [0, 0.05) is 6.54 Å². The van der Waals surface area contributed by atoms with Crippen LogP contribution in [0.3, 0.4) is 0 Å². The Balaban J connectivity index is 1.84. The van der Waals surface area contributed by atoms with Crippen LogP contribution in [-0.2, 0) is 28.7 Å². The average Bonchev–Trinajstić information content (AvgIpc) is 3.46. The topological polar surface area (TPSA) is 123 Å². The summed E-state index contributed by atoms with van der Waals surface area (Å²) in [7, 11) is 0. The van der Waals surface area contributed by atoms with Crippen LogP contribution in [0.5, 0.6) is 0 Å². The third-order valence-corrected chi connectivity index (χ3v) is 5.30. The van der Waals surface area contributed by atoms with E-state index in [-0.39, 0.29) is 36.0 Å². The van der Waals surface area contributed by atoms with Crippen molar-refractivity contribution in [1.29, 1.82) is 0 Å². The molecular weight excluding hydrogens is 430 g/mol. The van der Waals surface area contributed by atoms with Gasteiger partial charge in [0.05, 0.1) is 0 Å². The van der Waals surface area contributed by atoms with Crippen molar-refractivity contribution in [3.8, 4) is 0 Å².